The second kappa shape index (κ2) is 4.89. The molecule has 1 aromatic heterocycles. The van der Waals surface area contributed by atoms with Crippen LogP contribution in [0.2, 0.25) is 0 Å². The molecular formula is C11H18N2S. The van der Waals surface area contributed by atoms with Crippen LogP contribution in [0.25, 0.3) is 0 Å². The van der Waals surface area contributed by atoms with E-state index in [0.717, 1.165) is 12.5 Å². The minimum absolute atomic E-state index is 0.804. The van der Waals surface area contributed by atoms with Crippen molar-refractivity contribution in [1.82, 2.24) is 10.3 Å². The van der Waals surface area contributed by atoms with Crippen LogP contribution in [0.5, 0.6) is 0 Å². The van der Waals surface area contributed by atoms with E-state index in [1.165, 1.54) is 42.0 Å². The van der Waals surface area contributed by atoms with Crippen LogP contribution in [0.1, 0.15) is 41.5 Å². The molecule has 1 saturated carbocycles. The molecule has 1 aliphatic carbocycles. The number of aromatic nitrogens is 1. The maximum absolute atomic E-state index is 4.52. The molecule has 1 aromatic rings. The van der Waals surface area contributed by atoms with E-state index in [4.69, 9.17) is 0 Å². The fourth-order valence-corrected chi connectivity index (χ4v) is 2.85. The quantitative estimate of drug-likeness (QED) is 0.756. The van der Waals surface area contributed by atoms with E-state index in [9.17, 15) is 0 Å². The highest BCUT2D eigenvalue weighted by Gasteiger charge is 2.22. The number of hydrogen-bond acceptors (Lipinski definition) is 3. The van der Waals surface area contributed by atoms with Gasteiger partial charge < -0.3 is 5.32 Å². The van der Waals surface area contributed by atoms with Crippen molar-refractivity contribution in [3.63, 3.8) is 0 Å². The zero-order valence-corrected chi connectivity index (χ0v) is 9.57. The van der Waals surface area contributed by atoms with Gasteiger partial charge in [0, 0.05) is 17.0 Å². The molecule has 2 rings (SSSR count). The van der Waals surface area contributed by atoms with Gasteiger partial charge in [-0.1, -0.05) is 6.42 Å². The number of aryl methyl sites for hydroxylation is 1. The Morgan fingerprint density at radius 1 is 1.57 bits per heavy atom. The average molecular weight is 210 g/mol. The second-order valence-electron chi connectivity index (χ2n) is 4.00. The first-order valence-electron chi connectivity index (χ1n) is 5.49. The SMILES string of the molecule is CNCCCc1cnc(C2CCC2)s1. The molecular weight excluding hydrogens is 192 g/mol. The van der Waals surface area contributed by atoms with Gasteiger partial charge in [0.05, 0.1) is 5.01 Å². The van der Waals surface area contributed by atoms with Gasteiger partial charge in [-0.3, -0.25) is 0 Å². The van der Waals surface area contributed by atoms with Crippen molar-refractivity contribution >= 4 is 11.3 Å². The minimum atomic E-state index is 0.804. The van der Waals surface area contributed by atoms with Crippen LogP contribution < -0.4 is 5.32 Å². The molecule has 0 unspecified atom stereocenters. The highest BCUT2D eigenvalue weighted by Crippen LogP contribution is 2.38. The van der Waals surface area contributed by atoms with E-state index in [2.05, 4.69) is 16.5 Å². The van der Waals surface area contributed by atoms with E-state index >= 15 is 0 Å². The lowest BCUT2D eigenvalue weighted by atomic mass is 9.86. The van der Waals surface area contributed by atoms with Crippen LogP contribution >= 0.6 is 11.3 Å². The van der Waals surface area contributed by atoms with Gasteiger partial charge in [0.15, 0.2) is 0 Å². The summed E-state index contributed by atoms with van der Waals surface area (Å²) in [5.41, 5.74) is 0. The van der Waals surface area contributed by atoms with Gasteiger partial charge in [0.2, 0.25) is 0 Å². The van der Waals surface area contributed by atoms with Gasteiger partial charge in [0.25, 0.3) is 0 Å². The number of nitrogens with zero attached hydrogens (tertiary/aromatic N) is 1. The molecule has 1 aliphatic rings. The number of hydrogen-bond donors (Lipinski definition) is 1. The number of nitrogens with one attached hydrogen (secondary N) is 1. The summed E-state index contributed by atoms with van der Waals surface area (Å²) < 4.78 is 0. The zero-order chi connectivity index (χ0) is 9.80. The van der Waals surface area contributed by atoms with Crippen LogP contribution in [0.15, 0.2) is 6.20 Å². The molecule has 78 valence electrons. The van der Waals surface area contributed by atoms with Crippen LogP contribution in [-0.4, -0.2) is 18.6 Å². The Bertz CT molecular complexity index is 279. The van der Waals surface area contributed by atoms with Gasteiger partial charge in [-0.25, -0.2) is 4.98 Å². The van der Waals surface area contributed by atoms with Crippen LogP contribution in [0.4, 0.5) is 0 Å². The maximum atomic E-state index is 4.52. The zero-order valence-electron chi connectivity index (χ0n) is 8.75. The average Bonchev–Trinajstić information content (AvgIpc) is 2.51. The van der Waals surface area contributed by atoms with Gasteiger partial charge in [-0.05, 0) is 39.3 Å². The molecule has 0 radical (unpaired) electrons. The molecule has 0 aliphatic heterocycles. The molecule has 0 atom stereocenters. The van der Waals surface area contributed by atoms with E-state index in [0.29, 0.717) is 0 Å². The summed E-state index contributed by atoms with van der Waals surface area (Å²) in [6.07, 6.45) is 8.62. The molecule has 0 saturated heterocycles. The van der Waals surface area contributed by atoms with Crippen molar-refractivity contribution in [2.24, 2.45) is 0 Å². The molecule has 14 heavy (non-hydrogen) atoms. The molecule has 1 fully saturated rings. The predicted octanol–water partition coefficient (Wildman–Crippen LogP) is 2.56. The van der Waals surface area contributed by atoms with Crippen molar-refractivity contribution in [1.29, 1.82) is 0 Å². The molecule has 1 heterocycles. The second-order valence-corrected chi connectivity index (χ2v) is 5.15. The molecule has 0 aromatic carbocycles. The topological polar surface area (TPSA) is 24.9 Å². The fraction of sp³-hybridized carbons (Fsp3) is 0.727. The summed E-state index contributed by atoms with van der Waals surface area (Å²) >= 11 is 1.93. The summed E-state index contributed by atoms with van der Waals surface area (Å²) in [4.78, 5) is 5.98. The lowest BCUT2D eigenvalue weighted by Crippen LogP contribution is -2.08. The van der Waals surface area contributed by atoms with E-state index in [1.54, 1.807) is 0 Å². The normalized spacial score (nSPS) is 16.9. The van der Waals surface area contributed by atoms with Crippen molar-refractivity contribution in [3.8, 4) is 0 Å². The van der Waals surface area contributed by atoms with Crippen LogP contribution in [-0.2, 0) is 6.42 Å². The third kappa shape index (κ3) is 2.34. The summed E-state index contributed by atoms with van der Waals surface area (Å²) in [6, 6.07) is 0. The standard InChI is InChI=1S/C11H18N2S/c1-12-7-3-6-10-8-13-11(14-10)9-4-2-5-9/h8-9,12H,2-7H2,1H3. The summed E-state index contributed by atoms with van der Waals surface area (Å²) in [7, 11) is 2.01. The first-order valence-corrected chi connectivity index (χ1v) is 6.31. The predicted molar refractivity (Wildman–Crippen MR) is 61.0 cm³/mol. The highest BCUT2D eigenvalue weighted by molar-refractivity contribution is 7.11. The van der Waals surface area contributed by atoms with E-state index < -0.39 is 0 Å². The Kier molecular flexibility index (Phi) is 3.54. The number of thiazole rings is 1. The van der Waals surface area contributed by atoms with Gasteiger partial charge in [-0.2, -0.15) is 0 Å². The van der Waals surface area contributed by atoms with Crippen molar-refractivity contribution < 1.29 is 0 Å². The van der Waals surface area contributed by atoms with E-state index in [1.807, 2.05) is 18.4 Å². The van der Waals surface area contributed by atoms with Gasteiger partial charge in [-0.15, -0.1) is 11.3 Å². The lowest BCUT2D eigenvalue weighted by Gasteiger charge is -2.22. The molecule has 1 N–H and O–H groups in total. The third-order valence-electron chi connectivity index (χ3n) is 2.88. The molecule has 0 amide bonds. The summed E-state index contributed by atoms with van der Waals surface area (Å²) in [5.74, 6) is 0.804. The van der Waals surface area contributed by atoms with E-state index in [-0.39, 0.29) is 0 Å². The van der Waals surface area contributed by atoms with Crippen molar-refractivity contribution in [2.75, 3.05) is 13.6 Å². The molecule has 0 spiro atoms. The maximum Gasteiger partial charge on any atom is 0.0958 e. The Balaban J connectivity index is 1.83. The van der Waals surface area contributed by atoms with Gasteiger partial charge in [0.1, 0.15) is 0 Å². The molecule has 0 bridgehead atoms. The highest BCUT2D eigenvalue weighted by atomic mass is 32.1. The van der Waals surface area contributed by atoms with Gasteiger partial charge >= 0.3 is 0 Å². The summed E-state index contributed by atoms with van der Waals surface area (Å²) in [6.45, 7) is 1.11. The number of rotatable bonds is 5. The Hall–Kier alpha value is -0.410. The fourth-order valence-electron chi connectivity index (χ4n) is 1.72. The molecule has 2 nitrogen and oxygen atoms in total. The Morgan fingerprint density at radius 2 is 2.43 bits per heavy atom. The van der Waals surface area contributed by atoms with Crippen molar-refractivity contribution in [3.05, 3.63) is 16.1 Å². The smallest absolute Gasteiger partial charge is 0.0958 e. The molecule has 3 heteroatoms. The third-order valence-corrected chi connectivity index (χ3v) is 4.10. The Morgan fingerprint density at radius 3 is 3.07 bits per heavy atom. The van der Waals surface area contributed by atoms with Crippen LogP contribution in [0.3, 0.4) is 0 Å². The van der Waals surface area contributed by atoms with Crippen molar-refractivity contribution in [2.45, 2.75) is 38.0 Å². The summed E-state index contributed by atoms with van der Waals surface area (Å²) in [5, 5.41) is 4.56. The minimum Gasteiger partial charge on any atom is -0.320 e. The van der Waals surface area contributed by atoms with Crippen LogP contribution in [0, 0.1) is 0 Å². The lowest BCUT2D eigenvalue weighted by molar-refractivity contribution is 0.418. The first kappa shape index (κ1) is 10.1. The monoisotopic (exact) mass is 210 g/mol. The Labute approximate surface area is 89.8 Å². The first-order chi connectivity index (χ1) is 6.90. The largest absolute Gasteiger partial charge is 0.320 e.